The van der Waals surface area contributed by atoms with Gasteiger partial charge in [0, 0.05) is 0 Å². The molecule has 0 amide bonds. The van der Waals surface area contributed by atoms with Gasteiger partial charge < -0.3 is 0 Å². The van der Waals surface area contributed by atoms with Gasteiger partial charge in [0.25, 0.3) is 0 Å². The lowest BCUT2D eigenvalue weighted by Crippen LogP contribution is -2.11. The van der Waals surface area contributed by atoms with Gasteiger partial charge >= 0.3 is 0 Å². The van der Waals surface area contributed by atoms with Crippen molar-refractivity contribution < 1.29 is 8.42 Å². The zero-order chi connectivity index (χ0) is 16.5. The molecule has 0 atom stereocenters. The molecule has 0 saturated heterocycles. The lowest BCUT2D eigenvalue weighted by Gasteiger charge is -2.13. The minimum atomic E-state index is -3.18. The summed E-state index contributed by atoms with van der Waals surface area (Å²) >= 11 is 0. The average molecular weight is 316 g/mol. The predicted octanol–water partition coefficient (Wildman–Crippen LogP) is 4.34. The Hall–Kier alpha value is -1.61. The van der Waals surface area contributed by atoms with Crippen molar-refractivity contribution in [3.8, 4) is 0 Å². The summed E-state index contributed by atoms with van der Waals surface area (Å²) in [6.07, 6.45) is 0. The molecule has 0 fully saturated rings. The normalized spacial score (nSPS) is 11.7. The van der Waals surface area contributed by atoms with E-state index in [1.165, 1.54) is 5.56 Å². The van der Waals surface area contributed by atoms with Crippen LogP contribution >= 0.6 is 0 Å². The van der Waals surface area contributed by atoms with E-state index in [1.807, 2.05) is 52.8 Å². The Morgan fingerprint density at radius 2 is 1.32 bits per heavy atom. The van der Waals surface area contributed by atoms with Crippen LogP contribution in [0.15, 0.2) is 30.3 Å². The van der Waals surface area contributed by atoms with Crippen LogP contribution in [0.5, 0.6) is 0 Å². The molecular formula is C19H24O2S. The summed E-state index contributed by atoms with van der Waals surface area (Å²) in [5.41, 5.74) is 7.26. The Kier molecular flexibility index (Phi) is 4.76. The van der Waals surface area contributed by atoms with Gasteiger partial charge in [0.1, 0.15) is 0 Å². The van der Waals surface area contributed by atoms with Crippen LogP contribution in [0.4, 0.5) is 0 Å². The average Bonchev–Trinajstić information content (AvgIpc) is 2.38. The highest BCUT2D eigenvalue weighted by Gasteiger charge is 2.17. The molecule has 0 aliphatic carbocycles. The highest BCUT2D eigenvalue weighted by molar-refractivity contribution is 7.89. The molecular weight excluding hydrogens is 292 g/mol. The summed E-state index contributed by atoms with van der Waals surface area (Å²) in [4.78, 5) is 0. The van der Waals surface area contributed by atoms with Crippen molar-refractivity contribution in [1.29, 1.82) is 0 Å². The monoisotopic (exact) mass is 316 g/mol. The van der Waals surface area contributed by atoms with E-state index in [0.717, 1.165) is 33.4 Å². The maximum atomic E-state index is 12.6. The summed E-state index contributed by atoms with van der Waals surface area (Å²) in [6, 6.07) is 10.1. The van der Waals surface area contributed by atoms with E-state index in [0.29, 0.717) is 0 Å². The molecule has 0 aliphatic heterocycles. The van der Waals surface area contributed by atoms with Crippen molar-refractivity contribution in [1.82, 2.24) is 0 Å². The lowest BCUT2D eigenvalue weighted by atomic mass is 10.0. The van der Waals surface area contributed by atoms with Crippen LogP contribution in [0.3, 0.4) is 0 Å². The molecule has 2 rings (SSSR count). The van der Waals surface area contributed by atoms with Crippen LogP contribution in [-0.2, 0) is 21.3 Å². The quantitative estimate of drug-likeness (QED) is 0.840. The van der Waals surface area contributed by atoms with Gasteiger partial charge in [-0.15, -0.1) is 0 Å². The van der Waals surface area contributed by atoms with Crippen molar-refractivity contribution >= 4 is 9.84 Å². The molecule has 0 N–H and O–H groups in total. The van der Waals surface area contributed by atoms with E-state index >= 15 is 0 Å². The fourth-order valence-corrected chi connectivity index (χ4v) is 4.68. The van der Waals surface area contributed by atoms with Crippen molar-refractivity contribution in [3.05, 3.63) is 69.3 Å². The Balaban J connectivity index is 2.31. The lowest BCUT2D eigenvalue weighted by molar-refractivity contribution is 0.594. The van der Waals surface area contributed by atoms with E-state index in [1.54, 1.807) is 0 Å². The van der Waals surface area contributed by atoms with E-state index in [4.69, 9.17) is 0 Å². The highest BCUT2D eigenvalue weighted by atomic mass is 32.2. The Morgan fingerprint density at radius 3 is 1.91 bits per heavy atom. The number of sulfone groups is 1. The molecule has 0 spiro atoms. The van der Waals surface area contributed by atoms with Gasteiger partial charge in [0.05, 0.1) is 11.5 Å². The largest absolute Gasteiger partial charge is 0.228 e. The molecule has 2 aromatic carbocycles. The van der Waals surface area contributed by atoms with Crippen LogP contribution in [0.2, 0.25) is 0 Å². The van der Waals surface area contributed by atoms with E-state index in [2.05, 4.69) is 12.1 Å². The molecule has 0 radical (unpaired) electrons. The third-order valence-corrected chi connectivity index (χ3v) is 5.56. The van der Waals surface area contributed by atoms with Crippen LogP contribution in [0.25, 0.3) is 0 Å². The smallest absolute Gasteiger partial charge is 0.158 e. The molecule has 0 heterocycles. The first-order valence-corrected chi connectivity index (χ1v) is 9.33. The third kappa shape index (κ3) is 3.98. The molecule has 22 heavy (non-hydrogen) atoms. The van der Waals surface area contributed by atoms with Gasteiger partial charge in [-0.2, -0.15) is 0 Å². The second-order valence-electron chi connectivity index (χ2n) is 6.34. The number of rotatable bonds is 4. The van der Waals surface area contributed by atoms with Gasteiger partial charge in [-0.1, -0.05) is 41.5 Å². The fraction of sp³-hybridized carbons (Fsp3) is 0.368. The predicted molar refractivity (Wildman–Crippen MR) is 92.9 cm³/mol. The topological polar surface area (TPSA) is 34.1 Å². The minimum absolute atomic E-state index is 0.104. The van der Waals surface area contributed by atoms with Crippen LogP contribution in [-0.4, -0.2) is 8.42 Å². The zero-order valence-corrected chi connectivity index (χ0v) is 14.8. The Bertz CT molecular complexity index is 779. The van der Waals surface area contributed by atoms with E-state index in [-0.39, 0.29) is 11.5 Å². The molecule has 2 aromatic rings. The maximum absolute atomic E-state index is 12.6. The third-order valence-electron chi connectivity index (χ3n) is 4.08. The number of benzene rings is 2. The molecule has 0 bridgehead atoms. The molecule has 0 unspecified atom stereocenters. The second-order valence-corrected chi connectivity index (χ2v) is 8.40. The van der Waals surface area contributed by atoms with Crippen molar-refractivity contribution in [3.63, 3.8) is 0 Å². The van der Waals surface area contributed by atoms with E-state index in [9.17, 15) is 8.42 Å². The summed E-state index contributed by atoms with van der Waals surface area (Å²) in [5, 5.41) is 0. The van der Waals surface area contributed by atoms with Crippen LogP contribution in [0.1, 0.15) is 38.9 Å². The standard InChI is InChI=1S/C19H24O2S/c1-13-6-7-15(3)18(10-13)11-22(20,21)12-19-16(4)8-14(2)9-17(19)5/h6-10H,11-12H2,1-5H3. The SMILES string of the molecule is Cc1cc(C)c(CS(=O)(=O)Cc2cc(C)ccc2C)c(C)c1. The molecule has 3 heteroatoms. The number of hydrogen-bond donors (Lipinski definition) is 0. The molecule has 118 valence electrons. The Labute approximate surface area is 134 Å². The second kappa shape index (κ2) is 6.25. The van der Waals surface area contributed by atoms with Gasteiger partial charge in [0.2, 0.25) is 0 Å². The first-order valence-electron chi connectivity index (χ1n) is 7.51. The maximum Gasteiger partial charge on any atom is 0.158 e. The van der Waals surface area contributed by atoms with Gasteiger partial charge in [0.15, 0.2) is 9.84 Å². The number of hydrogen-bond acceptors (Lipinski definition) is 2. The van der Waals surface area contributed by atoms with Crippen molar-refractivity contribution in [2.24, 2.45) is 0 Å². The molecule has 0 aromatic heterocycles. The molecule has 2 nitrogen and oxygen atoms in total. The Morgan fingerprint density at radius 1 is 0.727 bits per heavy atom. The summed E-state index contributed by atoms with van der Waals surface area (Å²) in [6.45, 7) is 9.97. The molecule has 0 saturated carbocycles. The van der Waals surface area contributed by atoms with Gasteiger partial charge in [-0.05, 0) is 62.4 Å². The van der Waals surface area contributed by atoms with Crippen LogP contribution in [0, 0.1) is 34.6 Å². The number of aryl methyl sites for hydroxylation is 5. The summed E-state index contributed by atoms with van der Waals surface area (Å²) < 4.78 is 25.2. The van der Waals surface area contributed by atoms with E-state index < -0.39 is 9.84 Å². The van der Waals surface area contributed by atoms with Crippen molar-refractivity contribution in [2.75, 3.05) is 0 Å². The first-order chi connectivity index (χ1) is 10.2. The van der Waals surface area contributed by atoms with Crippen LogP contribution < -0.4 is 0 Å². The fourth-order valence-electron chi connectivity index (χ4n) is 2.90. The highest BCUT2D eigenvalue weighted by Crippen LogP contribution is 2.22. The van der Waals surface area contributed by atoms with Gasteiger partial charge in [-0.3, -0.25) is 0 Å². The van der Waals surface area contributed by atoms with Crippen molar-refractivity contribution in [2.45, 2.75) is 46.1 Å². The zero-order valence-electron chi connectivity index (χ0n) is 14.0. The molecule has 0 aliphatic rings. The summed E-state index contributed by atoms with van der Waals surface area (Å²) in [5.74, 6) is 0.214. The minimum Gasteiger partial charge on any atom is -0.228 e. The van der Waals surface area contributed by atoms with Gasteiger partial charge in [-0.25, -0.2) is 8.42 Å². The first kappa shape index (κ1) is 16.8. The summed E-state index contributed by atoms with van der Waals surface area (Å²) in [7, 11) is -3.18.